The minimum Gasteiger partial charge on any atom is -0.319 e. The molecular weight excluding hydrogens is 328 g/mol. The Kier molecular flexibility index (Phi) is 6.03. The van der Waals surface area contributed by atoms with Gasteiger partial charge in [-0.2, -0.15) is 0 Å². The van der Waals surface area contributed by atoms with Gasteiger partial charge in [-0.3, -0.25) is 14.3 Å². The third-order valence-electron chi connectivity index (χ3n) is 4.02. The van der Waals surface area contributed by atoms with Crippen molar-refractivity contribution in [3.05, 3.63) is 46.4 Å². The van der Waals surface area contributed by atoms with Gasteiger partial charge in [-0.1, -0.05) is 39.0 Å². The van der Waals surface area contributed by atoms with Crippen molar-refractivity contribution >= 4 is 24.0 Å². The fraction of sp³-hybridized carbons (Fsp3) is 0.412. The van der Waals surface area contributed by atoms with E-state index in [1.54, 1.807) is 18.7 Å². The van der Waals surface area contributed by atoms with Crippen molar-refractivity contribution in [2.24, 2.45) is 18.2 Å². The van der Waals surface area contributed by atoms with Crippen LogP contribution in [0.3, 0.4) is 0 Å². The Balaban J connectivity index is 0.00000288. The van der Waals surface area contributed by atoms with Crippen LogP contribution in [-0.2, 0) is 11.8 Å². The van der Waals surface area contributed by atoms with Gasteiger partial charge in [0.2, 0.25) is 5.91 Å². The van der Waals surface area contributed by atoms with Crippen molar-refractivity contribution in [3.63, 3.8) is 0 Å². The van der Waals surface area contributed by atoms with Crippen molar-refractivity contribution < 1.29 is 4.79 Å². The van der Waals surface area contributed by atoms with Crippen LogP contribution in [0.4, 0.5) is 5.69 Å². The zero-order valence-corrected chi connectivity index (χ0v) is 15.5. The SMILES string of the molecule is Cc1c(NC(=O)[C@@H](N)C(C)(C)C)c(=O)n(-c2ccccc2)n1C.Cl. The summed E-state index contributed by atoms with van der Waals surface area (Å²) in [7, 11) is 1.78. The highest BCUT2D eigenvalue weighted by molar-refractivity contribution is 5.95. The average Bonchev–Trinajstić information content (AvgIpc) is 2.70. The molecule has 6 nitrogen and oxygen atoms in total. The minimum absolute atomic E-state index is 0. The van der Waals surface area contributed by atoms with Crippen molar-refractivity contribution in [2.45, 2.75) is 33.7 Å². The zero-order valence-electron chi connectivity index (χ0n) is 14.7. The molecule has 7 heteroatoms. The number of hydrogen-bond donors (Lipinski definition) is 2. The van der Waals surface area contributed by atoms with E-state index in [0.717, 1.165) is 5.69 Å². The lowest BCUT2D eigenvalue weighted by atomic mass is 9.87. The van der Waals surface area contributed by atoms with Crippen LogP contribution in [0.5, 0.6) is 0 Å². The predicted molar refractivity (Wildman–Crippen MR) is 99.1 cm³/mol. The van der Waals surface area contributed by atoms with E-state index in [1.807, 2.05) is 51.1 Å². The number of aromatic nitrogens is 2. The Hall–Kier alpha value is -2.05. The van der Waals surface area contributed by atoms with Gasteiger partial charge in [0.15, 0.2) is 0 Å². The lowest BCUT2D eigenvalue weighted by Crippen LogP contribution is -2.46. The molecule has 0 bridgehead atoms. The first-order valence-corrected chi connectivity index (χ1v) is 7.55. The van der Waals surface area contributed by atoms with Crippen molar-refractivity contribution in [2.75, 3.05) is 5.32 Å². The molecule has 0 aliphatic heterocycles. The molecule has 0 saturated heterocycles. The number of anilines is 1. The van der Waals surface area contributed by atoms with E-state index in [4.69, 9.17) is 5.73 Å². The first-order chi connectivity index (χ1) is 10.6. The Bertz CT molecular complexity index is 772. The zero-order chi connectivity index (χ0) is 17.4. The van der Waals surface area contributed by atoms with Gasteiger partial charge in [0, 0.05) is 7.05 Å². The van der Waals surface area contributed by atoms with Gasteiger partial charge in [-0.15, -0.1) is 12.4 Å². The van der Waals surface area contributed by atoms with Crippen LogP contribution in [0, 0.1) is 12.3 Å². The van der Waals surface area contributed by atoms with E-state index in [-0.39, 0.29) is 35.0 Å². The van der Waals surface area contributed by atoms with E-state index in [0.29, 0.717) is 5.69 Å². The van der Waals surface area contributed by atoms with Gasteiger partial charge in [0.05, 0.1) is 17.4 Å². The quantitative estimate of drug-likeness (QED) is 0.888. The summed E-state index contributed by atoms with van der Waals surface area (Å²) in [6.07, 6.45) is 0. The number of nitrogens with two attached hydrogens (primary N) is 1. The Labute approximate surface area is 148 Å². The molecular formula is C17H25ClN4O2. The Morgan fingerprint density at radius 1 is 1.21 bits per heavy atom. The van der Waals surface area contributed by atoms with E-state index >= 15 is 0 Å². The first kappa shape index (κ1) is 20.0. The summed E-state index contributed by atoms with van der Waals surface area (Å²) >= 11 is 0. The number of nitrogens with one attached hydrogen (secondary N) is 1. The summed E-state index contributed by atoms with van der Waals surface area (Å²) in [6, 6.07) is 8.58. The summed E-state index contributed by atoms with van der Waals surface area (Å²) in [5.74, 6) is -0.358. The number of amides is 1. The number of carbonyl (C=O) groups excluding carboxylic acids is 1. The highest BCUT2D eigenvalue weighted by Crippen LogP contribution is 2.20. The standard InChI is InChI=1S/C17H24N4O2.ClH/c1-11-13(19-15(22)14(18)17(2,3)4)16(23)21(20(11)5)12-9-7-6-8-10-12;/h6-10,14H,18H2,1-5H3,(H,19,22);1H/t14-;/m1./s1. The fourth-order valence-corrected chi connectivity index (χ4v) is 2.31. The summed E-state index contributed by atoms with van der Waals surface area (Å²) in [6.45, 7) is 7.45. The van der Waals surface area contributed by atoms with Crippen LogP contribution in [0.2, 0.25) is 0 Å². The monoisotopic (exact) mass is 352 g/mol. The maximum absolute atomic E-state index is 12.7. The molecule has 1 aromatic carbocycles. The van der Waals surface area contributed by atoms with Crippen molar-refractivity contribution in [1.29, 1.82) is 0 Å². The van der Waals surface area contributed by atoms with E-state index in [2.05, 4.69) is 5.32 Å². The van der Waals surface area contributed by atoms with E-state index in [1.165, 1.54) is 4.68 Å². The van der Waals surface area contributed by atoms with Crippen LogP contribution in [0.15, 0.2) is 35.1 Å². The number of carbonyl (C=O) groups is 1. The maximum Gasteiger partial charge on any atom is 0.295 e. The number of benzene rings is 1. The van der Waals surface area contributed by atoms with Crippen LogP contribution in [-0.4, -0.2) is 21.3 Å². The summed E-state index contributed by atoms with van der Waals surface area (Å²) in [4.78, 5) is 25.0. The lowest BCUT2D eigenvalue weighted by molar-refractivity contribution is -0.119. The molecule has 1 amide bonds. The number of halogens is 1. The van der Waals surface area contributed by atoms with Crippen LogP contribution < -0.4 is 16.6 Å². The molecule has 132 valence electrons. The second-order valence-electron chi connectivity index (χ2n) is 6.77. The topological polar surface area (TPSA) is 82.1 Å². The molecule has 1 atom stereocenters. The van der Waals surface area contributed by atoms with Gasteiger partial charge in [0.1, 0.15) is 5.69 Å². The van der Waals surface area contributed by atoms with Crippen molar-refractivity contribution in [1.82, 2.24) is 9.36 Å². The number of para-hydroxylation sites is 1. The molecule has 0 aliphatic rings. The molecule has 3 N–H and O–H groups in total. The van der Waals surface area contributed by atoms with E-state index in [9.17, 15) is 9.59 Å². The first-order valence-electron chi connectivity index (χ1n) is 7.55. The fourth-order valence-electron chi connectivity index (χ4n) is 2.31. The average molecular weight is 353 g/mol. The lowest BCUT2D eigenvalue weighted by Gasteiger charge is -2.25. The second kappa shape index (κ2) is 7.23. The summed E-state index contributed by atoms with van der Waals surface area (Å²) in [5.41, 5.74) is 6.99. The molecule has 24 heavy (non-hydrogen) atoms. The van der Waals surface area contributed by atoms with Gasteiger partial charge in [-0.25, -0.2) is 4.68 Å². The van der Waals surface area contributed by atoms with Gasteiger partial charge in [0.25, 0.3) is 5.56 Å². The van der Waals surface area contributed by atoms with Gasteiger partial charge < -0.3 is 11.1 Å². The number of rotatable bonds is 3. The van der Waals surface area contributed by atoms with Crippen LogP contribution in [0.25, 0.3) is 5.69 Å². The molecule has 0 unspecified atom stereocenters. The molecule has 2 rings (SSSR count). The van der Waals surface area contributed by atoms with Crippen molar-refractivity contribution in [3.8, 4) is 5.69 Å². The third kappa shape index (κ3) is 3.71. The molecule has 0 spiro atoms. The molecule has 0 fully saturated rings. The molecule has 0 radical (unpaired) electrons. The largest absolute Gasteiger partial charge is 0.319 e. The van der Waals surface area contributed by atoms with Crippen LogP contribution in [0.1, 0.15) is 26.5 Å². The van der Waals surface area contributed by atoms with Gasteiger partial charge >= 0.3 is 0 Å². The van der Waals surface area contributed by atoms with Crippen LogP contribution >= 0.6 is 12.4 Å². The smallest absolute Gasteiger partial charge is 0.295 e. The van der Waals surface area contributed by atoms with E-state index < -0.39 is 6.04 Å². The minimum atomic E-state index is -0.702. The Morgan fingerprint density at radius 3 is 2.25 bits per heavy atom. The molecule has 0 saturated carbocycles. The molecule has 2 aromatic rings. The highest BCUT2D eigenvalue weighted by Gasteiger charge is 2.29. The molecule has 1 heterocycles. The molecule has 1 aromatic heterocycles. The second-order valence-corrected chi connectivity index (χ2v) is 6.77. The number of nitrogens with zero attached hydrogens (tertiary/aromatic N) is 2. The third-order valence-corrected chi connectivity index (χ3v) is 4.02. The summed E-state index contributed by atoms with van der Waals surface area (Å²) in [5, 5.41) is 2.70. The predicted octanol–water partition coefficient (Wildman–Crippen LogP) is 2.22. The normalized spacial score (nSPS) is 12.4. The highest BCUT2D eigenvalue weighted by atomic mass is 35.5. The summed E-state index contributed by atoms with van der Waals surface area (Å²) < 4.78 is 3.24. The van der Waals surface area contributed by atoms with Gasteiger partial charge in [-0.05, 0) is 24.5 Å². The Morgan fingerprint density at radius 2 is 1.75 bits per heavy atom. The number of hydrogen-bond acceptors (Lipinski definition) is 3. The maximum atomic E-state index is 12.7. The molecule has 0 aliphatic carbocycles.